The van der Waals surface area contributed by atoms with Gasteiger partial charge in [0.25, 0.3) is 5.91 Å². The number of hydrogen-bond acceptors (Lipinski definition) is 2. The van der Waals surface area contributed by atoms with Gasteiger partial charge in [0.1, 0.15) is 5.69 Å². The molecule has 0 unspecified atom stereocenters. The first-order valence-corrected chi connectivity index (χ1v) is 10.3. The molecule has 2 aromatic carbocycles. The Morgan fingerprint density at radius 2 is 1.77 bits per heavy atom. The molecule has 0 radical (unpaired) electrons. The SMILES string of the molecule is C[C@H]1[C@H](C)CCC[C@@H]1NC(=O)c1cncn1-c1ccc(-c2ccc(F)c(F)c2)cc1. The number of aromatic nitrogens is 2. The van der Waals surface area contributed by atoms with Crippen LogP contribution in [-0.2, 0) is 0 Å². The first-order valence-electron chi connectivity index (χ1n) is 10.3. The first kappa shape index (κ1) is 20.3. The maximum absolute atomic E-state index is 13.5. The average molecular weight is 409 g/mol. The van der Waals surface area contributed by atoms with Crippen molar-refractivity contribution >= 4 is 5.91 Å². The second-order valence-corrected chi connectivity index (χ2v) is 8.17. The van der Waals surface area contributed by atoms with E-state index in [1.807, 2.05) is 24.3 Å². The lowest BCUT2D eigenvalue weighted by atomic mass is 9.78. The third-order valence-corrected chi connectivity index (χ3v) is 6.29. The van der Waals surface area contributed by atoms with E-state index < -0.39 is 11.6 Å². The zero-order chi connectivity index (χ0) is 21.3. The molecule has 1 aliphatic carbocycles. The van der Waals surface area contributed by atoms with E-state index in [4.69, 9.17) is 0 Å². The minimum absolute atomic E-state index is 0.136. The Hall–Kier alpha value is -3.02. The Kier molecular flexibility index (Phi) is 5.66. The number of carbonyl (C=O) groups is 1. The van der Waals surface area contributed by atoms with Gasteiger partial charge in [0.15, 0.2) is 11.6 Å². The molecular formula is C24H25F2N3O. The van der Waals surface area contributed by atoms with E-state index in [1.165, 1.54) is 18.6 Å². The molecular weight excluding hydrogens is 384 g/mol. The van der Waals surface area contributed by atoms with Crippen molar-refractivity contribution in [3.05, 3.63) is 72.3 Å². The number of amides is 1. The molecule has 1 heterocycles. The number of imidazole rings is 1. The summed E-state index contributed by atoms with van der Waals surface area (Å²) in [6.07, 6.45) is 6.50. The fourth-order valence-electron chi connectivity index (χ4n) is 4.19. The van der Waals surface area contributed by atoms with Crippen LogP contribution in [-0.4, -0.2) is 21.5 Å². The molecule has 4 nitrogen and oxygen atoms in total. The zero-order valence-electron chi connectivity index (χ0n) is 17.1. The van der Waals surface area contributed by atoms with E-state index in [-0.39, 0.29) is 11.9 Å². The number of carbonyl (C=O) groups excluding carboxylic acids is 1. The molecule has 3 aromatic rings. The molecule has 3 atom stereocenters. The van der Waals surface area contributed by atoms with E-state index in [2.05, 4.69) is 24.1 Å². The summed E-state index contributed by atoms with van der Waals surface area (Å²) in [5.74, 6) is -0.849. The van der Waals surface area contributed by atoms with Crippen molar-refractivity contribution in [2.75, 3.05) is 0 Å². The number of rotatable bonds is 4. The van der Waals surface area contributed by atoms with Gasteiger partial charge in [0, 0.05) is 11.7 Å². The van der Waals surface area contributed by atoms with E-state index in [9.17, 15) is 13.6 Å². The van der Waals surface area contributed by atoms with Gasteiger partial charge in [0.2, 0.25) is 0 Å². The number of halogens is 2. The highest BCUT2D eigenvalue weighted by molar-refractivity contribution is 5.93. The highest BCUT2D eigenvalue weighted by Crippen LogP contribution is 2.30. The van der Waals surface area contributed by atoms with Gasteiger partial charge in [-0.25, -0.2) is 13.8 Å². The number of nitrogens with one attached hydrogen (secondary N) is 1. The lowest BCUT2D eigenvalue weighted by molar-refractivity contribution is 0.0884. The molecule has 30 heavy (non-hydrogen) atoms. The van der Waals surface area contributed by atoms with E-state index in [1.54, 1.807) is 17.1 Å². The second kappa shape index (κ2) is 8.38. The summed E-state index contributed by atoms with van der Waals surface area (Å²) in [5.41, 5.74) is 2.59. The summed E-state index contributed by atoms with van der Waals surface area (Å²) in [7, 11) is 0. The van der Waals surface area contributed by atoms with Crippen LogP contribution in [0.25, 0.3) is 16.8 Å². The topological polar surface area (TPSA) is 46.9 Å². The van der Waals surface area contributed by atoms with Crippen molar-refractivity contribution in [2.24, 2.45) is 11.8 Å². The fraction of sp³-hybridized carbons (Fsp3) is 0.333. The minimum atomic E-state index is -0.878. The fourth-order valence-corrected chi connectivity index (χ4v) is 4.19. The van der Waals surface area contributed by atoms with Gasteiger partial charge >= 0.3 is 0 Å². The molecule has 156 valence electrons. The highest BCUT2D eigenvalue weighted by atomic mass is 19.2. The molecule has 1 saturated carbocycles. The highest BCUT2D eigenvalue weighted by Gasteiger charge is 2.29. The summed E-state index contributed by atoms with van der Waals surface area (Å²) in [6.45, 7) is 4.44. The summed E-state index contributed by atoms with van der Waals surface area (Å²) < 4.78 is 28.4. The van der Waals surface area contributed by atoms with Crippen LogP contribution in [0.2, 0.25) is 0 Å². The number of hydrogen-bond donors (Lipinski definition) is 1. The maximum atomic E-state index is 13.5. The number of nitrogens with zero attached hydrogens (tertiary/aromatic N) is 2. The summed E-state index contributed by atoms with van der Waals surface area (Å²) >= 11 is 0. The van der Waals surface area contributed by atoms with Crippen molar-refractivity contribution in [3.63, 3.8) is 0 Å². The second-order valence-electron chi connectivity index (χ2n) is 8.17. The molecule has 0 bridgehead atoms. The quantitative estimate of drug-likeness (QED) is 0.630. The van der Waals surface area contributed by atoms with Crippen LogP contribution in [0.4, 0.5) is 8.78 Å². The molecule has 1 N–H and O–H groups in total. The van der Waals surface area contributed by atoms with Gasteiger partial charge in [-0.15, -0.1) is 0 Å². The Bertz CT molecular complexity index is 1040. The lowest BCUT2D eigenvalue weighted by Gasteiger charge is -2.34. The summed E-state index contributed by atoms with van der Waals surface area (Å²) in [5, 5.41) is 3.18. The Morgan fingerprint density at radius 3 is 2.50 bits per heavy atom. The zero-order valence-corrected chi connectivity index (χ0v) is 17.1. The third-order valence-electron chi connectivity index (χ3n) is 6.29. The van der Waals surface area contributed by atoms with E-state index in [0.717, 1.165) is 30.2 Å². The van der Waals surface area contributed by atoms with Crippen molar-refractivity contribution in [1.29, 1.82) is 0 Å². The van der Waals surface area contributed by atoms with Crippen LogP contribution in [0.3, 0.4) is 0 Å². The minimum Gasteiger partial charge on any atom is -0.348 e. The smallest absolute Gasteiger partial charge is 0.270 e. The van der Waals surface area contributed by atoms with Gasteiger partial charge in [0.05, 0.1) is 12.5 Å². The monoisotopic (exact) mass is 409 g/mol. The Labute approximate surface area is 175 Å². The summed E-state index contributed by atoms with van der Waals surface area (Å²) in [6, 6.07) is 11.3. The van der Waals surface area contributed by atoms with E-state index >= 15 is 0 Å². The molecule has 4 rings (SSSR count). The van der Waals surface area contributed by atoms with Gasteiger partial charge in [-0.3, -0.25) is 9.36 Å². The van der Waals surface area contributed by atoms with Gasteiger partial charge in [-0.2, -0.15) is 0 Å². The average Bonchev–Trinajstić information content (AvgIpc) is 3.24. The van der Waals surface area contributed by atoms with Crippen LogP contribution in [0.5, 0.6) is 0 Å². The van der Waals surface area contributed by atoms with Gasteiger partial charge < -0.3 is 5.32 Å². The predicted molar refractivity (Wildman–Crippen MR) is 112 cm³/mol. The van der Waals surface area contributed by atoms with Crippen LogP contribution >= 0.6 is 0 Å². The largest absolute Gasteiger partial charge is 0.348 e. The van der Waals surface area contributed by atoms with Gasteiger partial charge in [-0.1, -0.05) is 44.9 Å². The molecule has 6 heteroatoms. The number of benzene rings is 2. The first-order chi connectivity index (χ1) is 14.4. The molecule has 0 aliphatic heterocycles. The van der Waals surface area contributed by atoms with Crippen LogP contribution < -0.4 is 5.32 Å². The maximum Gasteiger partial charge on any atom is 0.270 e. The lowest BCUT2D eigenvalue weighted by Crippen LogP contribution is -2.44. The molecule has 1 amide bonds. The van der Waals surface area contributed by atoms with Crippen molar-refractivity contribution in [3.8, 4) is 16.8 Å². The third kappa shape index (κ3) is 3.99. The van der Waals surface area contributed by atoms with Crippen molar-refractivity contribution in [1.82, 2.24) is 14.9 Å². The van der Waals surface area contributed by atoms with Crippen LogP contribution in [0.15, 0.2) is 55.0 Å². The molecule has 0 saturated heterocycles. The van der Waals surface area contributed by atoms with Crippen LogP contribution in [0.1, 0.15) is 43.6 Å². The normalized spacial score (nSPS) is 21.4. The Balaban J connectivity index is 1.54. The molecule has 1 aliphatic rings. The molecule has 1 aromatic heterocycles. The standard InChI is InChI=1S/C24H25F2N3O/c1-15-4-3-5-22(16(15)2)28-24(30)23-13-27-14-29(23)19-9-6-17(7-10-19)18-8-11-20(25)21(26)12-18/h6-16,22H,3-5H2,1-2H3,(H,28,30)/t15-,16+,22+/m1/s1. The predicted octanol–water partition coefficient (Wildman–Crippen LogP) is 5.37. The Morgan fingerprint density at radius 1 is 1.03 bits per heavy atom. The summed E-state index contributed by atoms with van der Waals surface area (Å²) in [4.78, 5) is 17.1. The van der Waals surface area contributed by atoms with Crippen molar-refractivity contribution in [2.45, 2.75) is 39.2 Å². The molecule has 1 fully saturated rings. The molecule has 0 spiro atoms. The van der Waals surface area contributed by atoms with Gasteiger partial charge in [-0.05, 0) is 53.6 Å². The van der Waals surface area contributed by atoms with E-state index in [0.29, 0.717) is 23.1 Å². The van der Waals surface area contributed by atoms with Crippen molar-refractivity contribution < 1.29 is 13.6 Å². The van der Waals surface area contributed by atoms with Crippen LogP contribution in [0, 0.1) is 23.5 Å².